The van der Waals surface area contributed by atoms with Crippen LogP contribution in [0.3, 0.4) is 0 Å². The number of anilines is 1. The van der Waals surface area contributed by atoms with Gasteiger partial charge in [-0.05, 0) is 59.8 Å². The number of halogens is 1. The average Bonchev–Trinajstić information content (AvgIpc) is 3.47. The van der Waals surface area contributed by atoms with E-state index in [9.17, 15) is 29.2 Å². The summed E-state index contributed by atoms with van der Waals surface area (Å²) in [5.41, 5.74) is 6.53. The fourth-order valence-corrected chi connectivity index (χ4v) is 4.50. The molecular weight excluding hydrogens is 531 g/mol. The van der Waals surface area contributed by atoms with Gasteiger partial charge < -0.3 is 14.8 Å². The Bertz CT molecular complexity index is 1780. The second-order valence-electron chi connectivity index (χ2n) is 9.16. The van der Waals surface area contributed by atoms with Gasteiger partial charge in [0.1, 0.15) is 5.82 Å². The smallest absolute Gasteiger partial charge is 0.311 e. The Morgan fingerprint density at radius 2 is 1.63 bits per heavy atom. The van der Waals surface area contributed by atoms with Gasteiger partial charge in [0.25, 0.3) is 5.91 Å². The Balaban J connectivity index is 1.26. The third-order valence-corrected chi connectivity index (χ3v) is 6.55. The van der Waals surface area contributed by atoms with Crippen LogP contribution in [0.4, 0.5) is 15.8 Å². The van der Waals surface area contributed by atoms with Crippen molar-refractivity contribution in [3.63, 3.8) is 0 Å². The molecule has 2 amide bonds. The van der Waals surface area contributed by atoms with Gasteiger partial charge in [0, 0.05) is 34.3 Å². The van der Waals surface area contributed by atoms with Crippen molar-refractivity contribution in [3.8, 4) is 16.9 Å². The summed E-state index contributed by atoms with van der Waals surface area (Å²) in [5, 5.41) is 25.4. The molecule has 0 aliphatic heterocycles. The zero-order valence-electron chi connectivity index (χ0n) is 21.6. The lowest BCUT2D eigenvalue weighted by Gasteiger charge is -2.18. The summed E-state index contributed by atoms with van der Waals surface area (Å²) in [5.74, 6) is -2.49. The number of benzene rings is 4. The third kappa shape index (κ3) is 5.55. The normalized spacial score (nSPS) is 11.6. The minimum atomic E-state index is -0.827. The Hall–Kier alpha value is -5.71. The van der Waals surface area contributed by atoms with Gasteiger partial charge in [-0.1, -0.05) is 42.5 Å². The zero-order valence-corrected chi connectivity index (χ0v) is 21.6. The maximum atomic E-state index is 14.2. The van der Waals surface area contributed by atoms with E-state index in [4.69, 9.17) is 4.42 Å². The molecule has 206 valence electrons. The van der Waals surface area contributed by atoms with Crippen LogP contribution in [0.2, 0.25) is 0 Å². The standard InChI is InChI=1S/C30H23FN4O6/c1-17(21-11-12-25(31)24-5-3-2-4-23(21)24)32-20-9-6-18(7-10-20)22-14-15-41-28(22)30(38)34-33-29(37)19-8-13-27(36)26(16-19)35(39)40/h2-17,32,36H,1H3,(H,33,37)(H,34,38). The van der Waals surface area contributed by atoms with Crippen molar-refractivity contribution in [1.82, 2.24) is 10.9 Å². The third-order valence-electron chi connectivity index (χ3n) is 6.55. The van der Waals surface area contributed by atoms with Crippen LogP contribution in [0, 0.1) is 15.9 Å². The number of phenols is 1. The summed E-state index contributed by atoms with van der Waals surface area (Å²) in [7, 11) is 0. The molecule has 0 fully saturated rings. The Kier molecular flexibility index (Phi) is 7.33. The first-order valence-electron chi connectivity index (χ1n) is 12.4. The predicted molar refractivity (Wildman–Crippen MR) is 150 cm³/mol. The molecule has 11 heteroatoms. The van der Waals surface area contributed by atoms with Gasteiger partial charge in [-0.25, -0.2) is 4.39 Å². The molecule has 10 nitrogen and oxygen atoms in total. The maximum absolute atomic E-state index is 14.2. The minimum Gasteiger partial charge on any atom is -0.502 e. The molecule has 1 unspecified atom stereocenters. The van der Waals surface area contributed by atoms with Crippen LogP contribution >= 0.6 is 0 Å². The first-order valence-corrected chi connectivity index (χ1v) is 12.4. The van der Waals surface area contributed by atoms with Crippen LogP contribution in [-0.2, 0) is 0 Å². The van der Waals surface area contributed by atoms with Crippen molar-refractivity contribution < 1.29 is 28.4 Å². The molecule has 41 heavy (non-hydrogen) atoms. The molecule has 0 radical (unpaired) electrons. The lowest BCUT2D eigenvalue weighted by molar-refractivity contribution is -0.385. The quantitative estimate of drug-likeness (QED) is 0.140. The van der Waals surface area contributed by atoms with Crippen molar-refractivity contribution in [3.05, 3.63) is 124 Å². The largest absolute Gasteiger partial charge is 0.502 e. The summed E-state index contributed by atoms with van der Waals surface area (Å²) in [4.78, 5) is 35.3. The molecule has 1 atom stereocenters. The van der Waals surface area contributed by atoms with Crippen molar-refractivity contribution in [2.75, 3.05) is 5.32 Å². The highest BCUT2D eigenvalue weighted by Crippen LogP contribution is 2.31. The lowest BCUT2D eigenvalue weighted by Crippen LogP contribution is -2.41. The number of fused-ring (bicyclic) bond motifs is 1. The lowest BCUT2D eigenvalue weighted by atomic mass is 9.99. The second kappa shape index (κ2) is 11.2. The van der Waals surface area contributed by atoms with Crippen LogP contribution in [0.15, 0.2) is 95.6 Å². The highest BCUT2D eigenvalue weighted by Gasteiger charge is 2.20. The van der Waals surface area contributed by atoms with E-state index in [2.05, 4.69) is 16.2 Å². The number of hydrogen-bond acceptors (Lipinski definition) is 7. The zero-order chi connectivity index (χ0) is 29.1. The average molecular weight is 555 g/mol. The molecule has 4 aromatic carbocycles. The topological polar surface area (TPSA) is 147 Å². The molecule has 0 spiro atoms. The number of hydrazine groups is 1. The number of rotatable bonds is 7. The SMILES string of the molecule is CC(Nc1ccc(-c2ccoc2C(=O)NNC(=O)c2ccc(O)c([N+](=O)[O-])c2)cc1)c1ccc(F)c2ccccc12. The molecule has 1 aromatic heterocycles. The second-order valence-corrected chi connectivity index (χ2v) is 9.16. The Labute approximate surface area is 232 Å². The van der Waals surface area contributed by atoms with E-state index in [1.807, 2.05) is 31.2 Å². The molecular formula is C30H23FN4O6. The number of nitro benzene ring substituents is 1. The van der Waals surface area contributed by atoms with Gasteiger partial charge in [-0.2, -0.15) is 0 Å². The summed E-state index contributed by atoms with van der Waals surface area (Å²) < 4.78 is 19.6. The number of hydrogen-bond donors (Lipinski definition) is 4. The first kappa shape index (κ1) is 26.9. The number of nitro groups is 1. The van der Waals surface area contributed by atoms with Crippen molar-refractivity contribution in [2.24, 2.45) is 0 Å². The molecule has 0 saturated heterocycles. The number of nitrogens with one attached hydrogen (secondary N) is 3. The number of carbonyl (C=O) groups is 2. The molecule has 0 saturated carbocycles. The fourth-order valence-electron chi connectivity index (χ4n) is 4.50. The summed E-state index contributed by atoms with van der Waals surface area (Å²) in [6.45, 7) is 1.98. The number of amides is 2. The van der Waals surface area contributed by atoms with E-state index in [1.54, 1.807) is 36.4 Å². The Morgan fingerprint density at radius 1 is 0.927 bits per heavy atom. The van der Waals surface area contributed by atoms with Gasteiger partial charge in [0.15, 0.2) is 5.75 Å². The van der Waals surface area contributed by atoms with E-state index < -0.39 is 28.2 Å². The van der Waals surface area contributed by atoms with E-state index in [0.29, 0.717) is 16.5 Å². The van der Waals surface area contributed by atoms with Gasteiger partial charge in [-0.3, -0.25) is 30.6 Å². The van der Waals surface area contributed by atoms with Crippen LogP contribution in [0.5, 0.6) is 5.75 Å². The van der Waals surface area contributed by atoms with Crippen molar-refractivity contribution in [1.29, 1.82) is 0 Å². The van der Waals surface area contributed by atoms with E-state index in [-0.39, 0.29) is 23.2 Å². The van der Waals surface area contributed by atoms with Gasteiger partial charge in [0.05, 0.1) is 11.2 Å². The van der Waals surface area contributed by atoms with Crippen molar-refractivity contribution >= 4 is 34.0 Å². The van der Waals surface area contributed by atoms with Crippen LogP contribution < -0.4 is 16.2 Å². The van der Waals surface area contributed by atoms with Crippen LogP contribution in [0.1, 0.15) is 39.4 Å². The summed E-state index contributed by atoms with van der Waals surface area (Å²) in [6.07, 6.45) is 1.34. The molecule has 4 N–H and O–H groups in total. The minimum absolute atomic E-state index is 0.0613. The maximum Gasteiger partial charge on any atom is 0.311 e. The van der Waals surface area contributed by atoms with Gasteiger partial charge in [0.2, 0.25) is 5.76 Å². The van der Waals surface area contributed by atoms with E-state index in [0.717, 1.165) is 28.8 Å². The fraction of sp³-hybridized carbons (Fsp3) is 0.0667. The Morgan fingerprint density at radius 3 is 2.37 bits per heavy atom. The molecule has 5 rings (SSSR count). The van der Waals surface area contributed by atoms with Gasteiger partial charge >= 0.3 is 11.6 Å². The molecule has 0 bridgehead atoms. The molecule has 0 aliphatic rings. The van der Waals surface area contributed by atoms with E-state index >= 15 is 0 Å². The summed E-state index contributed by atoms with van der Waals surface area (Å²) in [6, 6.07) is 22.4. The van der Waals surface area contributed by atoms with Crippen LogP contribution in [0.25, 0.3) is 21.9 Å². The number of aromatic hydroxyl groups is 1. The number of nitrogens with zero attached hydrogens (tertiary/aromatic N) is 1. The molecule has 5 aromatic rings. The number of furan rings is 1. The summed E-state index contributed by atoms with van der Waals surface area (Å²) >= 11 is 0. The number of carbonyl (C=O) groups excluding carboxylic acids is 2. The monoisotopic (exact) mass is 554 g/mol. The predicted octanol–water partition coefficient (Wildman–Crippen LogP) is 6.10. The molecule has 1 heterocycles. The highest BCUT2D eigenvalue weighted by atomic mass is 19.1. The van der Waals surface area contributed by atoms with Crippen molar-refractivity contribution in [2.45, 2.75) is 13.0 Å². The van der Waals surface area contributed by atoms with Crippen LogP contribution in [-0.4, -0.2) is 21.8 Å². The molecule has 0 aliphatic carbocycles. The van der Waals surface area contributed by atoms with E-state index in [1.165, 1.54) is 18.4 Å². The first-order chi connectivity index (χ1) is 19.7. The highest BCUT2D eigenvalue weighted by molar-refractivity contribution is 6.01. The van der Waals surface area contributed by atoms with Gasteiger partial charge in [-0.15, -0.1) is 0 Å². The number of phenolic OH excluding ortho intramolecular Hbond substituents is 1.